The molecule has 1 atom stereocenters. The van der Waals surface area contributed by atoms with Crippen molar-refractivity contribution in [3.05, 3.63) is 65.2 Å². The Kier molecular flexibility index (Phi) is 6.24. The highest BCUT2D eigenvalue weighted by Gasteiger charge is 2.31. The summed E-state index contributed by atoms with van der Waals surface area (Å²) in [4.78, 5) is 12.5. The Morgan fingerprint density at radius 1 is 1.30 bits per heavy atom. The molecular formula is C21H20ClFN4O2S. The average molecular weight is 447 g/mol. The molecule has 0 bridgehead atoms. The van der Waals surface area contributed by atoms with Crippen molar-refractivity contribution in [3.63, 3.8) is 0 Å². The zero-order chi connectivity index (χ0) is 21.1. The maximum absolute atomic E-state index is 13.3. The van der Waals surface area contributed by atoms with E-state index in [1.54, 1.807) is 31.2 Å². The second kappa shape index (κ2) is 9.06. The van der Waals surface area contributed by atoms with Gasteiger partial charge in [-0.3, -0.25) is 9.36 Å². The van der Waals surface area contributed by atoms with Crippen LogP contribution in [0.25, 0.3) is 0 Å². The smallest absolute Gasteiger partial charge is 0.237 e. The number of carbonyl (C=O) groups is 1. The molecule has 0 spiro atoms. The molecule has 1 amide bonds. The summed E-state index contributed by atoms with van der Waals surface area (Å²) >= 11 is 7.47. The van der Waals surface area contributed by atoms with Crippen LogP contribution in [0.1, 0.15) is 31.6 Å². The largest absolute Gasteiger partial charge is 0.484 e. The van der Waals surface area contributed by atoms with Gasteiger partial charge >= 0.3 is 0 Å². The lowest BCUT2D eigenvalue weighted by atomic mass is 10.3. The van der Waals surface area contributed by atoms with Crippen molar-refractivity contribution >= 4 is 35.0 Å². The number of para-hydroxylation sites is 1. The van der Waals surface area contributed by atoms with E-state index in [-0.39, 0.29) is 12.5 Å². The second-order valence-corrected chi connectivity index (χ2v) is 8.69. The van der Waals surface area contributed by atoms with Gasteiger partial charge in [-0.05, 0) is 50.1 Å². The highest BCUT2D eigenvalue weighted by molar-refractivity contribution is 8.00. The number of amides is 1. The van der Waals surface area contributed by atoms with E-state index in [2.05, 4.69) is 15.5 Å². The molecule has 1 aliphatic carbocycles. The molecular weight excluding hydrogens is 427 g/mol. The molecule has 1 heterocycles. The summed E-state index contributed by atoms with van der Waals surface area (Å²) in [7, 11) is 0. The fraction of sp³-hybridized carbons (Fsp3) is 0.286. The van der Waals surface area contributed by atoms with Gasteiger partial charge in [-0.25, -0.2) is 4.39 Å². The summed E-state index contributed by atoms with van der Waals surface area (Å²) in [6.45, 7) is 2.02. The zero-order valence-electron chi connectivity index (χ0n) is 16.2. The Balaban J connectivity index is 1.44. The minimum absolute atomic E-state index is 0.232. The minimum Gasteiger partial charge on any atom is -0.484 e. The lowest BCUT2D eigenvalue weighted by molar-refractivity contribution is -0.115. The van der Waals surface area contributed by atoms with Gasteiger partial charge in [-0.2, -0.15) is 0 Å². The van der Waals surface area contributed by atoms with E-state index in [1.165, 1.54) is 23.9 Å². The monoisotopic (exact) mass is 446 g/mol. The SMILES string of the molecule is CC(Sc1nnc(COc2ccccc2Cl)n1C1CC1)C(=O)Nc1cccc(F)c1. The third-order valence-corrected chi connectivity index (χ3v) is 5.95. The first kappa shape index (κ1) is 20.7. The number of nitrogens with zero attached hydrogens (tertiary/aromatic N) is 3. The number of hydrogen-bond donors (Lipinski definition) is 1. The van der Waals surface area contributed by atoms with Gasteiger partial charge in [0.15, 0.2) is 11.0 Å². The minimum atomic E-state index is -0.438. The molecule has 1 saturated carbocycles. The van der Waals surface area contributed by atoms with E-state index >= 15 is 0 Å². The number of aromatic nitrogens is 3. The number of thioether (sulfide) groups is 1. The van der Waals surface area contributed by atoms with Crippen LogP contribution in [0.5, 0.6) is 5.75 Å². The quantitative estimate of drug-likeness (QED) is 0.487. The first-order chi connectivity index (χ1) is 14.5. The maximum Gasteiger partial charge on any atom is 0.237 e. The van der Waals surface area contributed by atoms with E-state index in [0.717, 1.165) is 12.8 Å². The summed E-state index contributed by atoms with van der Waals surface area (Å²) < 4.78 is 21.2. The van der Waals surface area contributed by atoms with Gasteiger partial charge in [0.25, 0.3) is 0 Å². The van der Waals surface area contributed by atoms with Gasteiger partial charge in [0.1, 0.15) is 18.2 Å². The number of halogens is 2. The second-order valence-electron chi connectivity index (χ2n) is 6.98. The van der Waals surface area contributed by atoms with Crippen LogP contribution < -0.4 is 10.1 Å². The van der Waals surface area contributed by atoms with Gasteiger partial charge < -0.3 is 10.1 Å². The van der Waals surface area contributed by atoms with Crippen LogP contribution >= 0.6 is 23.4 Å². The molecule has 1 aliphatic rings. The molecule has 6 nitrogen and oxygen atoms in total. The Bertz CT molecular complexity index is 1060. The van der Waals surface area contributed by atoms with Crippen LogP contribution in [0.15, 0.2) is 53.7 Å². The molecule has 0 saturated heterocycles. The summed E-state index contributed by atoms with van der Waals surface area (Å²) in [5.74, 6) is 0.647. The molecule has 0 aliphatic heterocycles. The number of benzene rings is 2. The first-order valence-corrected chi connectivity index (χ1v) is 10.8. The number of hydrogen-bond acceptors (Lipinski definition) is 5. The Hall–Kier alpha value is -2.58. The van der Waals surface area contributed by atoms with Gasteiger partial charge in [0, 0.05) is 11.7 Å². The predicted molar refractivity (Wildman–Crippen MR) is 114 cm³/mol. The normalized spacial score (nSPS) is 14.4. The van der Waals surface area contributed by atoms with E-state index in [9.17, 15) is 9.18 Å². The number of rotatable bonds is 8. The van der Waals surface area contributed by atoms with Crippen molar-refractivity contribution in [3.8, 4) is 5.75 Å². The predicted octanol–water partition coefficient (Wildman–Crippen LogP) is 5.10. The lowest BCUT2D eigenvalue weighted by Gasteiger charge is -2.14. The maximum atomic E-state index is 13.3. The summed E-state index contributed by atoms with van der Waals surface area (Å²) in [6.07, 6.45) is 2.07. The summed E-state index contributed by atoms with van der Waals surface area (Å²) in [5.41, 5.74) is 0.421. The average Bonchev–Trinajstić information content (AvgIpc) is 3.48. The van der Waals surface area contributed by atoms with Crippen LogP contribution in [-0.2, 0) is 11.4 Å². The standard InChI is InChI=1S/C21H20ClFN4O2S/c1-13(20(28)24-15-6-4-5-14(23)11-15)30-21-26-25-19(27(21)16-9-10-16)12-29-18-8-3-2-7-17(18)22/h2-8,11,13,16H,9-10,12H2,1H3,(H,24,28). The van der Waals surface area contributed by atoms with Gasteiger partial charge in [-0.1, -0.05) is 41.6 Å². The van der Waals surface area contributed by atoms with Crippen molar-refractivity contribution in [2.75, 3.05) is 5.32 Å². The Morgan fingerprint density at radius 3 is 2.83 bits per heavy atom. The van der Waals surface area contributed by atoms with Crippen LogP contribution in [0.4, 0.5) is 10.1 Å². The molecule has 30 heavy (non-hydrogen) atoms. The van der Waals surface area contributed by atoms with Crippen molar-refractivity contribution in [1.82, 2.24) is 14.8 Å². The summed E-state index contributed by atoms with van der Waals surface area (Å²) in [5, 5.41) is 12.0. The Labute approximate surface area is 182 Å². The lowest BCUT2D eigenvalue weighted by Crippen LogP contribution is -2.23. The molecule has 156 valence electrons. The highest BCUT2D eigenvalue weighted by Crippen LogP contribution is 2.40. The first-order valence-electron chi connectivity index (χ1n) is 9.55. The van der Waals surface area contributed by atoms with Crippen molar-refractivity contribution < 1.29 is 13.9 Å². The zero-order valence-corrected chi connectivity index (χ0v) is 17.8. The van der Waals surface area contributed by atoms with Crippen LogP contribution in [-0.4, -0.2) is 25.9 Å². The van der Waals surface area contributed by atoms with Gasteiger partial charge in [0.05, 0.1) is 10.3 Å². The van der Waals surface area contributed by atoms with E-state index in [1.807, 2.05) is 16.7 Å². The van der Waals surface area contributed by atoms with Gasteiger partial charge in [0.2, 0.25) is 5.91 Å². The van der Waals surface area contributed by atoms with Gasteiger partial charge in [-0.15, -0.1) is 10.2 Å². The molecule has 1 fully saturated rings. The molecule has 1 unspecified atom stereocenters. The number of nitrogens with one attached hydrogen (secondary N) is 1. The molecule has 1 N–H and O–H groups in total. The third-order valence-electron chi connectivity index (χ3n) is 4.58. The van der Waals surface area contributed by atoms with E-state index in [0.29, 0.717) is 33.5 Å². The van der Waals surface area contributed by atoms with Crippen molar-refractivity contribution in [2.45, 2.75) is 42.8 Å². The van der Waals surface area contributed by atoms with Crippen LogP contribution in [0.3, 0.4) is 0 Å². The third kappa shape index (κ3) is 4.94. The summed E-state index contributed by atoms with van der Waals surface area (Å²) in [6, 6.07) is 13.4. The van der Waals surface area contributed by atoms with Crippen molar-refractivity contribution in [2.24, 2.45) is 0 Å². The number of carbonyl (C=O) groups excluding carboxylic acids is 1. The topological polar surface area (TPSA) is 69.0 Å². The molecule has 2 aromatic carbocycles. The molecule has 9 heteroatoms. The number of anilines is 1. The molecule has 4 rings (SSSR count). The molecule has 3 aromatic rings. The van der Waals surface area contributed by atoms with Crippen LogP contribution in [0.2, 0.25) is 5.02 Å². The van der Waals surface area contributed by atoms with Crippen molar-refractivity contribution in [1.29, 1.82) is 0 Å². The highest BCUT2D eigenvalue weighted by atomic mass is 35.5. The van der Waals surface area contributed by atoms with E-state index in [4.69, 9.17) is 16.3 Å². The fourth-order valence-electron chi connectivity index (χ4n) is 2.91. The van der Waals surface area contributed by atoms with Crippen LogP contribution in [0, 0.1) is 5.82 Å². The number of ether oxygens (including phenoxy) is 1. The molecule has 0 radical (unpaired) electrons. The fourth-order valence-corrected chi connectivity index (χ4v) is 4.04. The van der Waals surface area contributed by atoms with E-state index < -0.39 is 11.1 Å². The molecule has 1 aromatic heterocycles. The Morgan fingerprint density at radius 2 is 2.10 bits per heavy atom.